The van der Waals surface area contributed by atoms with Crippen LogP contribution in [0.3, 0.4) is 0 Å². The average Bonchev–Trinajstić information content (AvgIpc) is 2.85. The zero-order valence-electron chi connectivity index (χ0n) is 10.4. The summed E-state index contributed by atoms with van der Waals surface area (Å²) < 4.78 is 32.9. The normalized spacial score (nSPS) is 11.2. The van der Waals surface area contributed by atoms with Crippen molar-refractivity contribution in [3.05, 3.63) is 41.8 Å². The van der Waals surface area contributed by atoms with Gasteiger partial charge in [0.2, 0.25) is 0 Å². The maximum absolute atomic E-state index is 11.4. The van der Waals surface area contributed by atoms with Gasteiger partial charge in [0.25, 0.3) is 0 Å². The zero-order valence-corrected chi connectivity index (χ0v) is 11.3. The first-order valence-corrected chi connectivity index (χ1v) is 7.37. The Kier molecular flexibility index (Phi) is 3.75. The third kappa shape index (κ3) is 3.35. The van der Waals surface area contributed by atoms with Crippen molar-refractivity contribution in [2.75, 3.05) is 6.26 Å². The van der Waals surface area contributed by atoms with E-state index in [9.17, 15) is 13.2 Å². The van der Waals surface area contributed by atoms with E-state index >= 15 is 0 Å². The van der Waals surface area contributed by atoms with Gasteiger partial charge in [0.1, 0.15) is 12.4 Å². The minimum Gasteiger partial charge on any atom is -0.486 e. The lowest BCUT2D eigenvalue weighted by molar-refractivity contribution is 0.0685. The van der Waals surface area contributed by atoms with E-state index in [0.717, 1.165) is 6.26 Å². The summed E-state index contributed by atoms with van der Waals surface area (Å²) in [4.78, 5) is 10.8. The second kappa shape index (κ2) is 5.33. The van der Waals surface area contributed by atoms with Gasteiger partial charge in [-0.3, -0.25) is 0 Å². The first-order valence-electron chi connectivity index (χ1n) is 5.48. The van der Waals surface area contributed by atoms with E-state index in [1.54, 1.807) is 12.1 Å². The molecule has 0 unspecified atom stereocenters. The lowest BCUT2D eigenvalue weighted by Gasteiger charge is -2.05. The van der Waals surface area contributed by atoms with Crippen molar-refractivity contribution in [1.82, 2.24) is 5.16 Å². The highest BCUT2D eigenvalue weighted by Crippen LogP contribution is 2.18. The topological polar surface area (TPSA) is 107 Å². The first-order chi connectivity index (χ1) is 9.36. The predicted octanol–water partition coefficient (Wildman–Crippen LogP) is 1.36. The Morgan fingerprint density at radius 3 is 2.75 bits per heavy atom. The predicted molar refractivity (Wildman–Crippen MR) is 67.3 cm³/mol. The van der Waals surface area contributed by atoms with E-state index in [1.165, 1.54) is 18.2 Å². The van der Waals surface area contributed by atoms with Crippen LogP contribution in [-0.4, -0.2) is 30.9 Å². The summed E-state index contributed by atoms with van der Waals surface area (Å²) in [6, 6.07) is 7.21. The number of carbonyl (C=O) groups is 1. The highest BCUT2D eigenvalue weighted by Gasteiger charge is 2.12. The minimum absolute atomic E-state index is 0.0481. The molecule has 0 atom stereocenters. The Labute approximate surface area is 114 Å². The van der Waals surface area contributed by atoms with E-state index in [2.05, 4.69) is 5.16 Å². The van der Waals surface area contributed by atoms with E-state index in [-0.39, 0.29) is 23.0 Å². The fraction of sp³-hybridized carbons (Fsp3) is 0.167. The van der Waals surface area contributed by atoms with Gasteiger partial charge in [0.15, 0.2) is 21.3 Å². The Hall–Kier alpha value is -2.35. The lowest BCUT2D eigenvalue weighted by atomic mass is 10.3. The van der Waals surface area contributed by atoms with E-state index < -0.39 is 15.8 Å². The molecular weight excluding hydrogens is 286 g/mol. The maximum Gasteiger partial charge on any atom is 0.358 e. The molecular formula is C12H11NO6S. The summed E-state index contributed by atoms with van der Waals surface area (Å²) in [6.45, 7) is -0.0481. The molecule has 0 saturated heterocycles. The smallest absolute Gasteiger partial charge is 0.358 e. The largest absolute Gasteiger partial charge is 0.486 e. The van der Waals surface area contributed by atoms with Crippen molar-refractivity contribution in [2.45, 2.75) is 11.5 Å². The Bertz CT molecular complexity index is 734. The summed E-state index contributed by atoms with van der Waals surface area (Å²) in [5.74, 6) is -0.632. The van der Waals surface area contributed by atoms with E-state index in [0.29, 0.717) is 5.75 Å². The van der Waals surface area contributed by atoms with Crippen molar-refractivity contribution in [1.29, 1.82) is 0 Å². The van der Waals surface area contributed by atoms with Gasteiger partial charge in [-0.05, 0) is 18.2 Å². The number of hydrogen-bond donors (Lipinski definition) is 1. The number of carboxylic acids is 1. The summed E-state index contributed by atoms with van der Waals surface area (Å²) in [7, 11) is -3.31. The SMILES string of the molecule is CS(=O)(=O)c1cccc(OCc2cc(C(=O)O)no2)c1. The highest BCUT2D eigenvalue weighted by molar-refractivity contribution is 7.90. The van der Waals surface area contributed by atoms with E-state index in [1.807, 2.05) is 0 Å². The van der Waals surface area contributed by atoms with Crippen molar-refractivity contribution >= 4 is 15.8 Å². The number of nitrogens with zero attached hydrogens (tertiary/aromatic N) is 1. The molecule has 7 nitrogen and oxygen atoms in total. The van der Waals surface area contributed by atoms with Crippen molar-refractivity contribution in [3.63, 3.8) is 0 Å². The van der Waals surface area contributed by atoms with Crippen molar-refractivity contribution < 1.29 is 27.6 Å². The molecule has 1 aromatic carbocycles. The molecule has 0 radical (unpaired) electrons. The van der Waals surface area contributed by atoms with Gasteiger partial charge < -0.3 is 14.4 Å². The van der Waals surface area contributed by atoms with Crippen LogP contribution in [0.2, 0.25) is 0 Å². The van der Waals surface area contributed by atoms with Gasteiger partial charge in [-0.25, -0.2) is 13.2 Å². The fourth-order valence-electron chi connectivity index (χ4n) is 1.43. The summed E-state index contributed by atoms with van der Waals surface area (Å²) in [5, 5.41) is 12.0. The fourth-order valence-corrected chi connectivity index (χ4v) is 2.09. The molecule has 0 aliphatic heterocycles. The van der Waals surface area contributed by atoms with Gasteiger partial charge in [-0.1, -0.05) is 11.2 Å². The lowest BCUT2D eigenvalue weighted by Crippen LogP contribution is -1.99. The summed E-state index contributed by atoms with van der Waals surface area (Å²) >= 11 is 0. The van der Waals surface area contributed by atoms with Crippen LogP contribution >= 0.6 is 0 Å². The highest BCUT2D eigenvalue weighted by atomic mass is 32.2. The summed E-state index contributed by atoms with van der Waals surface area (Å²) in [5.41, 5.74) is -0.214. The Morgan fingerprint density at radius 2 is 2.15 bits per heavy atom. The second-order valence-electron chi connectivity index (χ2n) is 4.02. The number of hydrogen-bond acceptors (Lipinski definition) is 6. The molecule has 0 spiro atoms. The summed E-state index contributed by atoms with van der Waals surface area (Å²) in [6.07, 6.45) is 1.10. The number of benzene rings is 1. The third-order valence-electron chi connectivity index (χ3n) is 2.39. The number of rotatable bonds is 5. The molecule has 2 aromatic rings. The molecule has 1 aromatic heterocycles. The molecule has 106 valence electrons. The number of ether oxygens (including phenoxy) is 1. The number of sulfone groups is 1. The van der Waals surface area contributed by atoms with E-state index in [4.69, 9.17) is 14.4 Å². The Morgan fingerprint density at radius 1 is 1.40 bits per heavy atom. The monoisotopic (exact) mass is 297 g/mol. The van der Waals surface area contributed by atoms with Crippen LogP contribution in [-0.2, 0) is 16.4 Å². The van der Waals surface area contributed by atoms with Gasteiger partial charge in [0, 0.05) is 12.3 Å². The zero-order chi connectivity index (χ0) is 14.8. The van der Waals surface area contributed by atoms with Crippen LogP contribution in [0.5, 0.6) is 5.75 Å². The molecule has 0 amide bonds. The molecule has 1 heterocycles. The van der Waals surface area contributed by atoms with Crippen LogP contribution in [0.1, 0.15) is 16.2 Å². The molecule has 2 rings (SSSR count). The maximum atomic E-state index is 11.4. The Balaban J connectivity index is 2.09. The van der Waals surface area contributed by atoms with Gasteiger partial charge >= 0.3 is 5.97 Å². The first kappa shape index (κ1) is 14.1. The van der Waals surface area contributed by atoms with Gasteiger partial charge in [-0.2, -0.15) is 0 Å². The molecule has 8 heteroatoms. The molecule has 0 saturated carbocycles. The number of aromatic nitrogens is 1. The van der Waals surface area contributed by atoms with Crippen LogP contribution in [0.15, 0.2) is 39.8 Å². The molecule has 0 fully saturated rings. The number of carboxylic acid groups (broad SMARTS) is 1. The van der Waals surface area contributed by atoms with Crippen molar-refractivity contribution in [2.24, 2.45) is 0 Å². The third-order valence-corrected chi connectivity index (χ3v) is 3.50. The standard InChI is InChI=1S/C12H11NO6S/c1-20(16,17)10-4-2-3-8(5-10)18-7-9-6-11(12(14)15)13-19-9/h2-6H,7H2,1H3,(H,14,15). The van der Waals surface area contributed by atoms with Gasteiger partial charge in [-0.15, -0.1) is 0 Å². The average molecular weight is 297 g/mol. The van der Waals surface area contributed by atoms with Crippen LogP contribution in [0, 0.1) is 0 Å². The van der Waals surface area contributed by atoms with Crippen LogP contribution < -0.4 is 4.74 Å². The molecule has 0 aliphatic carbocycles. The van der Waals surface area contributed by atoms with Crippen molar-refractivity contribution in [3.8, 4) is 5.75 Å². The second-order valence-corrected chi connectivity index (χ2v) is 6.04. The minimum atomic E-state index is -3.31. The van der Waals surface area contributed by atoms with Crippen LogP contribution in [0.4, 0.5) is 0 Å². The molecule has 0 aliphatic rings. The molecule has 0 bridgehead atoms. The molecule has 1 N–H and O–H groups in total. The number of aromatic carboxylic acids is 1. The quantitative estimate of drug-likeness (QED) is 0.887. The van der Waals surface area contributed by atoms with Gasteiger partial charge in [0.05, 0.1) is 4.90 Å². The van der Waals surface area contributed by atoms with Crippen LogP contribution in [0.25, 0.3) is 0 Å². The molecule has 20 heavy (non-hydrogen) atoms.